The molecule has 2 aromatic rings. The number of benzene rings is 2. The Hall–Kier alpha value is -2.70. The Morgan fingerprint density at radius 1 is 0.826 bits per heavy atom. The smallest absolute Gasteiger partial charge is 0.212 e. The second-order valence-corrected chi connectivity index (χ2v) is 5.29. The predicted molar refractivity (Wildman–Crippen MR) is 84.0 cm³/mol. The summed E-state index contributed by atoms with van der Waals surface area (Å²) >= 11 is 0. The first kappa shape index (κ1) is 15.2. The molecule has 4 N–H and O–H groups in total. The molecule has 1 aliphatic carbocycles. The summed E-state index contributed by atoms with van der Waals surface area (Å²) in [5, 5.41) is 37.8. The van der Waals surface area contributed by atoms with E-state index < -0.39 is 25.0 Å². The minimum atomic E-state index is -0.831. The lowest BCUT2D eigenvalue weighted by molar-refractivity contribution is 0.106. The van der Waals surface area contributed by atoms with Gasteiger partial charge < -0.3 is 20.4 Å². The summed E-state index contributed by atoms with van der Waals surface area (Å²) in [7, 11) is 0. The number of aliphatic hydroxyl groups excluding tert-OH is 2. The summed E-state index contributed by atoms with van der Waals surface area (Å²) in [4.78, 5) is 16.9. The highest BCUT2D eigenvalue weighted by Crippen LogP contribution is 2.37. The van der Waals surface area contributed by atoms with E-state index in [9.17, 15) is 25.2 Å². The van der Waals surface area contributed by atoms with E-state index in [0.717, 1.165) is 0 Å². The first-order chi connectivity index (χ1) is 11.0. The van der Waals surface area contributed by atoms with Gasteiger partial charge in [0, 0.05) is 11.1 Å². The van der Waals surface area contributed by atoms with Crippen LogP contribution in [-0.4, -0.2) is 51.2 Å². The number of Topliss-reactive ketones (excluding diaryl/α,β-unsaturated/α-hetero) is 1. The van der Waals surface area contributed by atoms with Crippen LogP contribution >= 0.6 is 0 Å². The fourth-order valence-corrected chi connectivity index (χ4v) is 2.62. The number of aliphatic imine (C=N–C) groups is 1. The molecule has 23 heavy (non-hydrogen) atoms. The van der Waals surface area contributed by atoms with Gasteiger partial charge in [-0.1, -0.05) is 0 Å². The van der Waals surface area contributed by atoms with Crippen LogP contribution in [0.3, 0.4) is 0 Å². The molecular formula is C17H15NO5. The maximum absolute atomic E-state index is 12.7. The average molecular weight is 313 g/mol. The highest BCUT2D eigenvalue weighted by Gasteiger charge is 2.30. The lowest BCUT2D eigenvalue weighted by atomic mass is 9.83. The molecule has 0 bridgehead atoms. The Morgan fingerprint density at radius 3 is 1.91 bits per heavy atom. The summed E-state index contributed by atoms with van der Waals surface area (Å²) in [5.74, 6) is -0.489. The van der Waals surface area contributed by atoms with Crippen molar-refractivity contribution < 1.29 is 25.2 Å². The van der Waals surface area contributed by atoms with Crippen molar-refractivity contribution in [3.05, 3.63) is 47.5 Å². The molecule has 0 spiro atoms. The van der Waals surface area contributed by atoms with Gasteiger partial charge in [-0.2, -0.15) is 0 Å². The van der Waals surface area contributed by atoms with Crippen LogP contribution in [0, 0.1) is 0 Å². The Balaban J connectivity index is 2.28. The van der Waals surface area contributed by atoms with E-state index in [-0.39, 0.29) is 22.8 Å². The molecule has 1 aliphatic rings. The first-order valence-electron chi connectivity index (χ1n) is 7.06. The van der Waals surface area contributed by atoms with Crippen molar-refractivity contribution in [2.75, 3.05) is 13.2 Å². The van der Waals surface area contributed by atoms with Gasteiger partial charge in [0.05, 0.1) is 19.3 Å². The van der Waals surface area contributed by atoms with Crippen molar-refractivity contribution >= 4 is 11.5 Å². The zero-order valence-electron chi connectivity index (χ0n) is 12.1. The van der Waals surface area contributed by atoms with E-state index in [4.69, 9.17) is 0 Å². The molecule has 3 rings (SSSR count). The second-order valence-electron chi connectivity index (χ2n) is 5.29. The molecule has 0 saturated heterocycles. The van der Waals surface area contributed by atoms with Crippen molar-refractivity contribution in [2.24, 2.45) is 4.99 Å². The number of phenolic OH excluding ortho intramolecular Hbond substituents is 2. The normalized spacial score (nSPS) is 14.9. The predicted octanol–water partition coefficient (Wildman–Crippen LogP) is 1.10. The van der Waals surface area contributed by atoms with E-state index in [2.05, 4.69) is 4.99 Å². The van der Waals surface area contributed by atoms with Gasteiger partial charge in [0.1, 0.15) is 17.2 Å². The minimum Gasteiger partial charge on any atom is -0.508 e. The molecule has 0 radical (unpaired) electrons. The lowest BCUT2D eigenvalue weighted by Crippen LogP contribution is -2.26. The molecule has 6 heteroatoms. The van der Waals surface area contributed by atoms with Gasteiger partial charge in [-0.05, 0) is 47.5 Å². The number of rotatable bonds is 3. The fraction of sp³-hybridized carbons (Fsp3) is 0.176. The van der Waals surface area contributed by atoms with Crippen molar-refractivity contribution in [2.45, 2.75) is 6.04 Å². The average Bonchev–Trinajstić information content (AvgIpc) is 2.55. The summed E-state index contributed by atoms with van der Waals surface area (Å²) in [6.07, 6.45) is 0. The van der Waals surface area contributed by atoms with Gasteiger partial charge in [-0.3, -0.25) is 9.79 Å². The molecule has 2 aromatic carbocycles. The van der Waals surface area contributed by atoms with E-state index in [1.54, 1.807) is 12.1 Å². The minimum absolute atomic E-state index is 0.0176. The van der Waals surface area contributed by atoms with E-state index in [1.165, 1.54) is 24.3 Å². The number of aromatic hydroxyl groups is 2. The molecule has 0 fully saturated rings. The molecule has 0 saturated carbocycles. The number of hydrogen-bond acceptors (Lipinski definition) is 6. The third kappa shape index (κ3) is 2.58. The molecule has 118 valence electrons. The number of nitrogens with zero attached hydrogens (tertiary/aromatic N) is 1. The van der Waals surface area contributed by atoms with Crippen LogP contribution < -0.4 is 0 Å². The number of carbonyl (C=O) groups is 1. The number of fused-ring (bicyclic) bond motifs is 3. The maximum atomic E-state index is 12.7. The van der Waals surface area contributed by atoms with Gasteiger partial charge in [0.15, 0.2) is 0 Å². The molecule has 0 heterocycles. The number of aliphatic hydroxyl groups is 2. The standard InChI is InChI=1S/C17H15NO5/c19-7-9(8-20)18-16-14-5-10(21)1-3-12(14)13-4-2-11(22)6-15(13)17(16)23/h1-6,9,19-22H,7-8H2/b18-16+. The molecule has 0 atom stereocenters. The van der Waals surface area contributed by atoms with Crippen molar-refractivity contribution in [3.8, 4) is 22.6 Å². The van der Waals surface area contributed by atoms with Gasteiger partial charge in [0.2, 0.25) is 5.78 Å². The summed E-state index contributed by atoms with van der Waals surface area (Å²) < 4.78 is 0. The van der Waals surface area contributed by atoms with Crippen LogP contribution in [0.25, 0.3) is 11.1 Å². The van der Waals surface area contributed by atoms with Gasteiger partial charge in [-0.25, -0.2) is 0 Å². The van der Waals surface area contributed by atoms with E-state index in [0.29, 0.717) is 16.7 Å². The topological polar surface area (TPSA) is 110 Å². The largest absolute Gasteiger partial charge is 0.508 e. The second kappa shape index (κ2) is 5.83. The summed E-state index contributed by atoms with van der Waals surface area (Å²) in [5.41, 5.74) is 2.08. The van der Waals surface area contributed by atoms with Crippen LogP contribution in [0.15, 0.2) is 41.4 Å². The number of carbonyl (C=O) groups excluding carboxylic acids is 1. The summed E-state index contributed by atoms with van der Waals surface area (Å²) in [6.45, 7) is -0.817. The molecular weight excluding hydrogens is 298 g/mol. The Bertz CT molecular complexity index is 809. The highest BCUT2D eigenvalue weighted by molar-refractivity contribution is 6.55. The van der Waals surface area contributed by atoms with Crippen LogP contribution in [-0.2, 0) is 0 Å². The van der Waals surface area contributed by atoms with E-state index in [1.807, 2.05) is 0 Å². The van der Waals surface area contributed by atoms with Crippen molar-refractivity contribution in [3.63, 3.8) is 0 Å². The van der Waals surface area contributed by atoms with Crippen molar-refractivity contribution in [1.29, 1.82) is 0 Å². The monoisotopic (exact) mass is 313 g/mol. The summed E-state index contributed by atoms with van der Waals surface area (Å²) in [6, 6.07) is 8.22. The van der Waals surface area contributed by atoms with Crippen LogP contribution in [0.1, 0.15) is 15.9 Å². The number of phenols is 2. The zero-order chi connectivity index (χ0) is 16.6. The SMILES string of the molecule is O=C1/C(=N/C(CO)CO)c2cc(O)ccc2-c2ccc(O)cc21. The van der Waals surface area contributed by atoms with Gasteiger partial charge in [-0.15, -0.1) is 0 Å². The van der Waals surface area contributed by atoms with E-state index >= 15 is 0 Å². The number of ketones is 1. The molecule has 0 aliphatic heterocycles. The van der Waals surface area contributed by atoms with Crippen molar-refractivity contribution in [1.82, 2.24) is 0 Å². The third-order valence-electron chi connectivity index (χ3n) is 3.74. The van der Waals surface area contributed by atoms with Gasteiger partial charge >= 0.3 is 0 Å². The highest BCUT2D eigenvalue weighted by atomic mass is 16.3. The molecule has 0 aromatic heterocycles. The Kier molecular flexibility index (Phi) is 3.85. The fourth-order valence-electron chi connectivity index (χ4n) is 2.62. The maximum Gasteiger partial charge on any atom is 0.212 e. The quantitative estimate of drug-likeness (QED) is 0.678. The molecule has 0 unspecified atom stereocenters. The first-order valence-corrected chi connectivity index (χ1v) is 7.06. The third-order valence-corrected chi connectivity index (χ3v) is 3.74. The zero-order valence-corrected chi connectivity index (χ0v) is 12.1. The van der Waals surface area contributed by atoms with Crippen LogP contribution in [0.2, 0.25) is 0 Å². The lowest BCUT2D eigenvalue weighted by Gasteiger charge is -2.22. The van der Waals surface area contributed by atoms with Crippen LogP contribution in [0.4, 0.5) is 0 Å². The number of hydrogen-bond donors (Lipinski definition) is 4. The van der Waals surface area contributed by atoms with Gasteiger partial charge in [0.25, 0.3) is 0 Å². The molecule has 0 amide bonds. The Morgan fingerprint density at radius 2 is 1.35 bits per heavy atom. The Labute approximate surface area is 132 Å². The molecule has 6 nitrogen and oxygen atoms in total. The van der Waals surface area contributed by atoms with Crippen LogP contribution in [0.5, 0.6) is 11.5 Å².